The molecule has 2 aromatic rings. The number of hydrogen-bond acceptors (Lipinski definition) is 1. The van der Waals surface area contributed by atoms with E-state index in [0.717, 1.165) is 34.5 Å². The highest BCUT2D eigenvalue weighted by atomic mass is 14.9. The SMILES string of the molecule is [3H]N1c2ccccc2CC(=C)c2ccccc21. The first-order valence-corrected chi connectivity index (χ1v) is 5.41. The quantitative estimate of drug-likeness (QED) is 0.691. The Morgan fingerprint density at radius 1 is 1.00 bits per heavy atom. The fraction of sp³-hybridized carbons (Fsp3) is 0.0667. The summed E-state index contributed by atoms with van der Waals surface area (Å²) in [4.78, 5) is 0. The van der Waals surface area contributed by atoms with Gasteiger partial charge in [0, 0.05) is 16.9 Å². The summed E-state index contributed by atoms with van der Waals surface area (Å²) in [5, 5.41) is 1.50. The Balaban J connectivity index is 2.26. The van der Waals surface area contributed by atoms with Crippen LogP contribution in [0.4, 0.5) is 11.4 Å². The van der Waals surface area contributed by atoms with Gasteiger partial charge in [-0.2, -0.15) is 0 Å². The van der Waals surface area contributed by atoms with Gasteiger partial charge in [0.2, 0.25) is 0 Å². The number of rotatable bonds is 0. The molecule has 0 fully saturated rings. The minimum atomic E-state index is 0.808. The van der Waals surface area contributed by atoms with E-state index in [2.05, 4.69) is 12.6 Å². The molecule has 2 aromatic carbocycles. The van der Waals surface area contributed by atoms with Gasteiger partial charge in [0.1, 0.15) is 0 Å². The first-order valence-electron chi connectivity index (χ1n) is 5.86. The summed E-state index contributed by atoms with van der Waals surface area (Å²) in [6.45, 7) is 4.14. The van der Waals surface area contributed by atoms with Gasteiger partial charge in [-0.15, -0.1) is 0 Å². The molecule has 1 N–H and O–H groups in total. The zero-order valence-electron chi connectivity index (χ0n) is 9.98. The molecular formula is C15H13N. The third-order valence-corrected chi connectivity index (χ3v) is 2.92. The third kappa shape index (κ3) is 1.41. The Hall–Kier alpha value is -2.02. The molecule has 0 radical (unpaired) electrons. The molecule has 0 aliphatic carbocycles. The van der Waals surface area contributed by atoms with E-state index in [1.54, 1.807) is 0 Å². The molecule has 0 bridgehead atoms. The van der Waals surface area contributed by atoms with E-state index in [9.17, 15) is 0 Å². The summed E-state index contributed by atoms with van der Waals surface area (Å²) in [5.41, 5.74) is 5.14. The van der Waals surface area contributed by atoms with Gasteiger partial charge in [0.15, 0.2) is 1.41 Å². The van der Waals surface area contributed by atoms with Crippen molar-refractivity contribution in [2.45, 2.75) is 6.42 Å². The van der Waals surface area contributed by atoms with Crippen LogP contribution in [0.5, 0.6) is 0 Å². The molecule has 1 nitrogen and oxygen atoms in total. The average Bonchev–Trinajstić information content (AvgIpc) is 2.48. The van der Waals surface area contributed by atoms with Crippen LogP contribution in [0.25, 0.3) is 5.57 Å². The van der Waals surface area contributed by atoms with Gasteiger partial charge < -0.3 is 5.31 Å². The summed E-state index contributed by atoms with van der Waals surface area (Å²) in [6.07, 6.45) is 0.808. The lowest BCUT2D eigenvalue weighted by Crippen LogP contribution is -1.92. The van der Waals surface area contributed by atoms with Crippen LogP contribution in [0, 0.1) is 0 Å². The number of benzene rings is 2. The molecular weight excluding hydrogens is 194 g/mol. The summed E-state index contributed by atoms with van der Waals surface area (Å²) in [6, 6.07) is 16.0. The van der Waals surface area contributed by atoms with Crippen molar-refractivity contribution in [1.29, 1.82) is 0 Å². The molecule has 0 aromatic heterocycles. The molecule has 1 heteroatoms. The van der Waals surface area contributed by atoms with Crippen molar-refractivity contribution < 1.29 is 1.41 Å². The number of anilines is 2. The Morgan fingerprint density at radius 3 is 2.56 bits per heavy atom. The normalized spacial score (nSPS) is 14.9. The third-order valence-electron chi connectivity index (χ3n) is 2.92. The van der Waals surface area contributed by atoms with Crippen LogP contribution in [0.3, 0.4) is 0 Å². The maximum absolute atomic E-state index is 8.26. The van der Waals surface area contributed by atoms with Gasteiger partial charge in [0.25, 0.3) is 0 Å². The van der Waals surface area contributed by atoms with Crippen molar-refractivity contribution in [3.8, 4) is 0 Å². The fourth-order valence-corrected chi connectivity index (χ4v) is 2.09. The van der Waals surface area contributed by atoms with Crippen molar-refractivity contribution in [1.82, 2.24) is 0 Å². The minimum absolute atomic E-state index is 0.808. The van der Waals surface area contributed by atoms with Crippen molar-refractivity contribution in [2.24, 2.45) is 0 Å². The monoisotopic (exact) mass is 209 g/mol. The highest BCUT2D eigenvalue weighted by Gasteiger charge is 2.13. The first kappa shape index (κ1) is 8.17. The van der Waals surface area contributed by atoms with Crippen LogP contribution < -0.4 is 5.31 Å². The molecule has 0 unspecified atom stereocenters. The molecule has 1 aliphatic heterocycles. The highest BCUT2D eigenvalue weighted by Crippen LogP contribution is 2.34. The Bertz CT molecular complexity index is 589. The lowest BCUT2D eigenvalue weighted by Gasteiger charge is -2.08. The maximum atomic E-state index is 8.26. The summed E-state index contributed by atoms with van der Waals surface area (Å²) in [7, 11) is 0. The van der Waals surface area contributed by atoms with Gasteiger partial charge in [-0.05, 0) is 29.7 Å². The lowest BCUT2D eigenvalue weighted by atomic mass is 10.00. The smallest absolute Gasteiger partial charge is 0.167 e. The van der Waals surface area contributed by atoms with E-state index in [-0.39, 0.29) is 0 Å². The van der Waals surface area contributed by atoms with Crippen LogP contribution in [0.1, 0.15) is 11.1 Å². The Kier molecular flexibility index (Phi) is 1.80. The molecule has 16 heavy (non-hydrogen) atoms. The number of allylic oxidation sites excluding steroid dienone is 1. The second kappa shape index (κ2) is 3.53. The van der Waals surface area contributed by atoms with Crippen molar-refractivity contribution >= 4 is 16.9 Å². The fourth-order valence-electron chi connectivity index (χ4n) is 2.09. The zero-order valence-corrected chi connectivity index (χ0v) is 8.98. The molecule has 0 spiro atoms. The van der Waals surface area contributed by atoms with Crippen molar-refractivity contribution in [3.05, 3.63) is 66.2 Å². The zero-order chi connectivity index (χ0) is 11.8. The number of fused-ring (bicyclic) bond motifs is 2. The number of nitrogens with one attached hydrogen (secondary N) is 1. The van der Waals surface area contributed by atoms with Gasteiger partial charge in [-0.25, -0.2) is 0 Å². The largest absolute Gasteiger partial charge is 0.355 e. The molecule has 0 saturated heterocycles. The molecule has 0 amide bonds. The van der Waals surface area contributed by atoms with E-state index in [1.165, 1.54) is 5.31 Å². The van der Waals surface area contributed by atoms with Gasteiger partial charge in [-0.3, -0.25) is 0 Å². The summed E-state index contributed by atoms with van der Waals surface area (Å²) >= 11 is 0. The molecule has 1 aliphatic rings. The number of hydrogen-bond donors (Lipinski definition) is 1. The highest BCUT2D eigenvalue weighted by molar-refractivity contribution is 5.83. The van der Waals surface area contributed by atoms with E-state index >= 15 is 0 Å². The second-order valence-electron chi connectivity index (χ2n) is 4.04. The predicted molar refractivity (Wildman–Crippen MR) is 68.9 cm³/mol. The maximum Gasteiger partial charge on any atom is 0.167 e. The standard InChI is InChI=1S/C15H13N/c1-11-10-12-6-2-4-8-14(12)16-15-9-5-3-7-13(11)15/h2-9,16H,1,10H2/i/hT. The van der Waals surface area contributed by atoms with Crippen LogP contribution in [0.2, 0.25) is 1.41 Å². The first-order chi connectivity index (χ1) is 8.27. The van der Waals surface area contributed by atoms with E-state index < -0.39 is 0 Å². The van der Waals surface area contributed by atoms with E-state index in [1.807, 2.05) is 42.5 Å². The van der Waals surface area contributed by atoms with Crippen LogP contribution >= 0.6 is 0 Å². The van der Waals surface area contributed by atoms with Gasteiger partial charge >= 0.3 is 0 Å². The average molecular weight is 209 g/mol. The summed E-state index contributed by atoms with van der Waals surface area (Å²) in [5.74, 6) is 0. The lowest BCUT2D eigenvalue weighted by molar-refractivity contribution is 1.31. The summed E-state index contributed by atoms with van der Waals surface area (Å²) < 4.78 is 8.26. The van der Waals surface area contributed by atoms with Crippen molar-refractivity contribution in [3.63, 3.8) is 0 Å². The molecule has 0 atom stereocenters. The predicted octanol–water partition coefficient (Wildman–Crippen LogP) is 4.00. The molecule has 3 rings (SSSR count). The molecule has 0 saturated carbocycles. The molecule has 78 valence electrons. The van der Waals surface area contributed by atoms with Crippen LogP contribution in [-0.2, 0) is 6.42 Å². The van der Waals surface area contributed by atoms with Crippen molar-refractivity contribution in [2.75, 3.05) is 5.31 Å². The van der Waals surface area contributed by atoms with E-state index in [4.69, 9.17) is 1.41 Å². The van der Waals surface area contributed by atoms with Crippen LogP contribution in [0.15, 0.2) is 55.1 Å². The van der Waals surface area contributed by atoms with E-state index in [0.29, 0.717) is 0 Å². The Morgan fingerprint density at radius 2 is 1.69 bits per heavy atom. The minimum Gasteiger partial charge on any atom is -0.355 e. The topological polar surface area (TPSA) is 12.0 Å². The number of para-hydroxylation sites is 2. The molecule has 1 heterocycles. The Labute approximate surface area is 96.9 Å². The van der Waals surface area contributed by atoms with Crippen LogP contribution in [-0.4, -0.2) is 0 Å². The van der Waals surface area contributed by atoms with Gasteiger partial charge in [-0.1, -0.05) is 43.0 Å². The second-order valence-corrected chi connectivity index (χ2v) is 4.04. The van der Waals surface area contributed by atoms with Gasteiger partial charge in [0.05, 0.1) is 0 Å².